The van der Waals surface area contributed by atoms with Crippen molar-refractivity contribution in [2.75, 3.05) is 0 Å². The van der Waals surface area contributed by atoms with Crippen LogP contribution in [0.25, 0.3) is 22.8 Å². The molecule has 3 heterocycles. The molecule has 1 aromatic carbocycles. The normalized spacial score (nSPS) is 9.97. The lowest BCUT2D eigenvalue weighted by atomic mass is 10.1. The molecule has 4 rings (SSSR count). The molecule has 3 aromatic heterocycles. The second-order valence-corrected chi connectivity index (χ2v) is 6.87. The van der Waals surface area contributed by atoms with E-state index in [9.17, 15) is 9.59 Å². The molecule has 33 heavy (non-hydrogen) atoms. The minimum Gasteiger partial charge on any atom is -0.429 e. The highest BCUT2D eigenvalue weighted by Crippen LogP contribution is 2.28. The van der Waals surface area contributed by atoms with Crippen molar-refractivity contribution in [2.45, 2.75) is 6.92 Å². The fourth-order valence-corrected chi connectivity index (χ4v) is 3.07. The van der Waals surface area contributed by atoms with Crippen LogP contribution in [0.15, 0.2) is 73.1 Å². The van der Waals surface area contributed by atoms with E-state index >= 15 is 0 Å². The summed E-state index contributed by atoms with van der Waals surface area (Å²) in [4.78, 5) is 34.9. The van der Waals surface area contributed by atoms with E-state index in [4.69, 9.17) is 9.47 Å². The maximum Gasteiger partial charge on any atom is 0.298 e. The molecule has 0 fully saturated rings. The summed E-state index contributed by atoms with van der Waals surface area (Å²) in [6.07, 6.45) is 3.13. The number of carbonyl (C=O) groups is 2. The maximum atomic E-state index is 11.0. The van der Waals surface area contributed by atoms with E-state index in [1.165, 1.54) is 6.20 Å². The molecule has 0 saturated heterocycles. The van der Waals surface area contributed by atoms with Crippen molar-refractivity contribution in [1.82, 2.24) is 15.0 Å². The first-order valence-electron chi connectivity index (χ1n) is 9.89. The molecule has 0 unspecified atom stereocenters. The topological polar surface area (TPSA) is 91.3 Å². The molecule has 4 aromatic rings. The summed E-state index contributed by atoms with van der Waals surface area (Å²) in [6, 6.07) is 17.8. The van der Waals surface area contributed by atoms with Gasteiger partial charge in [-0.2, -0.15) is 0 Å². The maximum absolute atomic E-state index is 11.0. The van der Waals surface area contributed by atoms with E-state index in [1.54, 1.807) is 36.5 Å². The van der Waals surface area contributed by atoms with Gasteiger partial charge in [-0.05, 0) is 36.8 Å². The highest BCUT2D eigenvalue weighted by molar-refractivity contribution is 5.67. The van der Waals surface area contributed by atoms with Gasteiger partial charge in [0.15, 0.2) is 0 Å². The molecule has 0 aliphatic carbocycles. The van der Waals surface area contributed by atoms with Gasteiger partial charge >= 0.3 is 0 Å². The quantitative estimate of drug-likeness (QED) is 0.334. The van der Waals surface area contributed by atoms with Gasteiger partial charge in [0.1, 0.15) is 11.5 Å². The van der Waals surface area contributed by atoms with Crippen LogP contribution in [0.1, 0.15) is 16.7 Å². The van der Waals surface area contributed by atoms with E-state index in [1.807, 2.05) is 37.3 Å². The Kier molecular flexibility index (Phi) is 6.48. The van der Waals surface area contributed by atoms with Gasteiger partial charge in [-0.25, -0.2) is 4.98 Å². The second kappa shape index (κ2) is 9.98. The monoisotopic (exact) mass is 435 g/mol. The lowest BCUT2D eigenvalue weighted by Gasteiger charge is -2.08. The Labute approximate surface area is 190 Å². The predicted molar refractivity (Wildman–Crippen MR) is 121 cm³/mol. The van der Waals surface area contributed by atoms with Crippen molar-refractivity contribution in [3.63, 3.8) is 0 Å². The van der Waals surface area contributed by atoms with E-state index in [0.717, 1.165) is 16.7 Å². The molecule has 0 N–H and O–H groups in total. The van der Waals surface area contributed by atoms with Crippen LogP contribution in [0, 0.1) is 18.8 Å². The molecule has 0 spiro atoms. The molecule has 160 valence electrons. The molecule has 0 radical (unpaired) electrons. The average molecular weight is 435 g/mol. The molecular formula is C26H17N3O4. The highest BCUT2D eigenvalue weighted by Gasteiger charge is 2.11. The lowest BCUT2D eigenvalue weighted by molar-refractivity contribution is -0.121. The summed E-state index contributed by atoms with van der Waals surface area (Å²) in [7, 11) is 0. The Morgan fingerprint density at radius 2 is 1.36 bits per heavy atom. The number of benzene rings is 1. The highest BCUT2D eigenvalue weighted by atomic mass is 16.5. The van der Waals surface area contributed by atoms with Crippen LogP contribution < -0.4 is 9.47 Å². The Hall–Kier alpha value is -4.83. The first kappa shape index (κ1) is 21.4. The fraction of sp³-hybridized carbons (Fsp3) is 0.0385. The van der Waals surface area contributed by atoms with Crippen molar-refractivity contribution >= 4 is 12.9 Å². The Bertz CT molecular complexity index is 1390. The summed E-state index contributed by atoms with van der Waals surface area (Å²) in [6.45, 7) is 2.67. The number of hydrogen-bond acceptors (Lipinski definition) is 7. The van der Waals surface area contributed by atoms with Crippen molar-refractivity contribution < 1.29 is 19.1 Å². The van der Waals surface area contributed by atoms with Gasteiger partial charge in [0.2, 0.25) is 0 Å². The van der Waals surface area contributed by atoms with Gasteiger partial charge in [0, 0.05) is 41.7 Å². The standard InChI is InChI=1S/C26H17N3O4/c1-18-4-2-3-5-20(18)7-6-19-8-10-27-23(12-19)25-14-22(33-17-31)15-26(29-25)24-13-21(32-16-30)9-11-28-24/h2-5,8-17H,1H3. The smallest absolute Gasteiger partial charge is 0.298 e. The number of ether oxygens (including phenoxy) is 2. The molecule has 0 amide bonds. The molecule has 0 aliphatic heterocycles. The van der Waals surface area contributed by atoms with Gasteiger partial charge in [-0.1, -0.05) is 30.0 Å². The molecule has 0 atom stereocenters. The van der Waals surface area contributed by atoms with E-state index in [2.05, 4.69) is 26.8 Å². The Morgan fingerprint density at radius 1 is 0.727 bits per heavy atom. The van der Waals surface area contributed by atoms with Crippen LogP contribution in [0.2, 0.25) is 0 Å². The van der Waals surface area contributed by atoms with Gasteiger partial charge < -0.3 is 9.47 Å². The zero-order valence-electron chi connectivity index (χ0n) is 17.6. The van der Waals surface area contributed by atoms with Gasteiger partial charge in [0.05, 0.1) is 22.8 Å². The largest absolute Gasteiger partial charge is 0.429 e. The zero-order chi connectivity index (χ0) is 23.0. The third kappa shape index (κ3) is 5.27. The lowest BCUT2D eigenvalue weighted by Crippen LogP contribution is -1.97. The molecule has 0 saturated carbocycles. The van der Waals surface area contributed by atoms with Crippen molar-refractivity contribution in [1.29, 1.82) is 0 Å². The third-order valence-corrected chi connectivity index (χ3v) is 4.67. The van der Waals surface area contributed by atoms with Crippen molar-refractivity contribution in [2.24, 2.45) is 0 Å². The van der Waals surface area contributed by atoms with Crippen molar-refractivity contribution in [3.8, 4) is 46.1 Å². The van der Waals surface area contributed by atoms with Gasteiger partial charge in [0.25, 0.3) is 12.9 Å². The number of carbonyl (C=O) groups excluding carboxylic acids is 2. The van der Waals surface area contributed by atoms with E-state index < -0.39 is 0 Å². The van der Waals surface area contributed by atoms with Crippen LogP contribution in [0.4, 0.5) is 0 Å². The predicted octanol–water partition coefficient (Wildman–Crippen LogP) is 3.98. The first-order chi connectivity index (χ1) is 16.2. The third-order valence-electron chi connectivity index (χ3n) is 4.67. The number of aryl methyl sites for hydroxylation is 1. The van der Waals surface area contributed by atoms with Crippen LogP contribution in [-0.2, 0) is 9.59 Å². The summed E-state index contributed by atoms with van der Waals surface area (Å²) < 4.78 is 9.95. The number of nitrogens with zero attached hydrogens (tertiary/aromatic N) is 3. The minimum absolute atomic E-state index is 0.270. The van der Waals surface area contributed by atoms with Gasteiger partial charge in [-0.15, -0.1) is 0 Å². The Balaban J connectivity index is 1.74. The summed E-state index contributed by atoms with van der Waals surface area (Å²) in [5.74, 6) is 6.91. The van der Waals surface area contributed by atoms with Crippen LogP contribution in [-0.4, -0.2) is 27.9 Å². The number of pyridine rings is 3. The van der Waals surface area contributed by atoms with Crippen LogP contribution in [0.3, 0.4) is 0 Å². The average Bonchev–Trinajstić information content (AvgIpc) is 2.84. The molecular weight excluding hydrogens is 418 g/mol. The summed E-state index contributed by atoms with van der Waals surface area (Å²) in [5.41, 5.74) is 4.66. The summed E-state index contributed by atoms with van der Waals surface area (Å²) >= 11 is 0. The Morgan fingerprint density at radius 3 is 2.09 bits per heavy atom. The number of hydrogen-bond donors (Lipinski definition) is 0. The zero-order valence-corrected chi connectivity index (χ0v) is 17.6. The SMILES string of the molecule is Cc1ccccc1C#Cc1ccnc(-c2cc(OC=O)cc(-c3cc(OC=O)ccn3)n2)c1. The molecule has 0 bridgehead atoms. The fourth-order valence-electron chi connectivity index (χ4n) is 3.07. The van der Waals surface area contributed by atoms with E-state index in [-0.39, 0.29) is 5.75 Å². The molecule has 0 aliphatic rings. The van der Waals surface area contributed by atoms with Crippen LogP contribution >= 0.6 is 0 Å². The summed E-state index contributed by atoms with van der Waals surface area (Å²) in [5, 5.41) is 0. The molecule has 7 heteroatoms. The minimum atomic E-state index is 0.270. The van der Waals surface area contributed by atoms with Crippen LogP contribution in [0.5, 0.6) is 11.5 Å². The second-order valence-electron chi connectivity index (χ2n) is 6.87. The van der Waals surface area contributed by atoms with Gasteiger partial charge in [-0.3, -0.25) is 19.6 Å². The van der Waals surface area contributed by atoms with E-state index in [0.29, 0.717) is 41.5 Å². The molecule has 7 nitrogen and oxygen atoms in total. The first-order valence-corrected chi connectivity index (χ1v) is 9.89. The number of rotatable bonds is 6. The number of aromatic nitrogens is 3. The van der Waals surface area contributed by atoms with Crippen molar-refractivity contribution in [3.05, 3.63) is 89.7 Å².